The number of sulfonamides is 1. The number of rotatable bonds is 17. The van der Waals surface area contributed by atoms with Crippen molar-refractivity contribution in [3.8, 4) is 0 Å². The first-order chi connectivity index (χ1) is 11.3. The number of hydrogen-bond acceptors (Lipinski definition) is 5. The minimum absolute atomic E-state index is 0. The van der Waals surface area contributed by atoms with E-state index in [2.05, 4.69) is 11.6 Å². The van der Waals surface area contributed by atoms with Crippen molar-refractivity contribution in [3.63, 3.8) is 0 Å². The molecule has 0 amide bonds. The van der Waals surface area contributed by atoms with Crippen molar-refractivity contribution in [2.24, 2.45) is 0 Å². The van der Waals surface area contributed by atoms with Crippen molar-refractivity contribution in [1.29, 1.82) is 0 Å². The summed E-state index contributed by atoms with van der Waals surface area (Å²) in [6.07, 6.45) is 14.5. The summed E-state index contributed by atoms with van der Waals surface area (Å²) in [5.74, 6) is -1.53. The number of nitrogens with one attached hydrogen (secondary N) is 1. The molecule has 0 atom stereocenters. The first-order valence-corrected chi connectivity index (χ1v) is 12.4. The summed E-state index contributed by atoms with van der Waals surface area (Å²) in [4.78, 5) is 0. The predicted molar refractivity (Wildman–Crippen MR) is 97.4 cm³/mol. The molecule has 0 aliphatic heterocycles. The Labute approximate surface area is 177 Å². The van der Waals surface area contributed by atoms with Crippen LogP contribution >= 0.6 is 0 Å². The molecular formula is C16H34NNaO5S2. The van der Waals surface area contributed by atoms with Gasteiger partial charge >= 0.3 is 29.6 Å². The fraction of sp³-hybridized carbons (Fsp3) is 1.00. The maximum atomic E-state index is 11.5. The fourth-order valence-electron chi connectivity index (χ4n) is 2.48. The van der Waals surface area contributed by atoms with Gasteiger partial charge in [0.1, 0.15) is 0 Å². The molecule has 0 fully saturated rings. The summed E-state index contributed by atoms with van der Waals surface area (Å²) in [6.45, 7) is 2.53. The van der Waals surface area contributed by atoms with Gasteiger partial charge in [0.15, 0.2) is 0 Å². The van der Waals surface area contributed by atoms with E-state index in [4.69, 9.17) is 0 Å². The quantitative estimate of drug-likeness (QED) is 0.210. The zero-order valence-electron chi connectivity index (χ0n) is 16.0. The van der Waals surface area contributed by atoms with Gasteiger partial charge in [0.25, 0.3) is 0 Å². The SMILES string of the molecule is CCCCCCCCCCCCCCNS(=O)(=O)CCS(=O)(=O)[O-].[Na+]. The fourth-order valence-corrected chi connectivity index (χ4v) is 4.77. The summed E-state index contributed by atoms with van der Waals surface area (Å²) >= 11 is 0. The van der Waals surface area contributed by atoms with Crippen LogP contribution in [-0.2, 0) is 20.1 Å². The average molecular weight is 408 g/mol. The Bertz CT molecular complexity index is 495. The average Bonchev–Trinajstić information content (AvgIpc) is 2.49. The van der Waals surface area contributed by atoms with Crippen LogP contribution in [0.1, 0.15) is 84.0 Å². The van der Waals surface area contributed by atoms with Crippen LogP contribution < -0.4 is 34.3 Å². The van der Waals surface area contributed by atoms with Crippen LogP contribution in [0.5, 0.6) is 0 Å². The van der Waals surface area contributed by atoms with Gasteiger partial charge in [-0.05, 0) is 6.42 Å². The molecule has 9 heteroatoms. The third-order valence-corrected chi connectivity index (χ3v) is 6.30. The molecule has 0 aliphatic rings. The smallest absolute Gasteiger partial charge is 0.748 e. The first kappa shape index (κ1) is 28.0. The van der Waals surface area contributed by atoms with Gasteiger partial charge in [-0.15, -0.1) is 0 Å². The van der Waals surface area contributed by atoms with Gasteiger partial charge in [-0.3, -0.25) is 0 Å². The van der Waals surface area contributed by atoms with Crippen LogP contribution in [0.15, 0.2) is 0 Å². The van der Waals surface area contributed by atoms with Crippen molar-refractivity contribution in [2.45, 2.75) is 84.0 Å². The molecule has 0 unspecified atom stereocenters. The van der Waals surface area contributed by atoms with E-state index in [0.29, 0.717) is 6.54 Å². The molecule has 0 saturated carbocycles. The molecule has 0 heterocycles. The van der Waals surface area contributed by atoms with E-state index in [1.54, 1.807) is 0 Å². The zero-order valence-corrected chi connectivity index (χ0v) is 19.6. The van der Waals surface area contributed by atoms with Crippen LogP contribution in [0.2, 0.25) is 0 Å². The largest absolute Gasteiger partial charge is 1.00 e. The molecule has 0 aromatic carbocycles. The van der Waals surface area contributed by atoms with E-state index in [-0.39, 0.29) is 29.6 Å². The van der Waals surface area contributed by atoms with Crippen molar-refractivity contribution in [2.75, 3.05) is 18.1 Å². The molecular weight excluding hydrogens is 373 g/mol. The van der Waals surface area contributed by atoms with Crippen LogP contribution in [0, 0.1) is 0 Å². The summed E-state index contributed by atoms with van der Waals surface area (Å²) < 4.78 is 56.5. The van der Waals surface area contributed by atoms with E-state index in [0.717, 1.165) is 19.3 Å². The molecule has 0 saturated heterocycles. The van der Waals surface area contributed by atoms with Crippen molar-refractivity contribution in [1.82, 2.24) is 4.72 Å². The van der Waals surface area contributed by atoms with E-state index in [9.17, 15) is 21.4 Å². The molecule has 1 N–H and O–H groups in total. The summed E-state index contributed by atoms with van der Waals surface area (Å²) in [7, 11) is -8.14. The summed E-state index contributed by atoms with van der Waals surface area (Å²) in [6, 6.07) is 0. The third kappa shape index (κ3) is 22.8. The molecule has 0 aliphatic carbocycles. The normalized spacial score (nSPS) is 12.1. The van der Waals surface area contributed by atoms with E-state index < -0.39 is 31.6 Å². The number of unbranched alkanes of at least 4 members (excludes halogenated alkanes) is 11. The van der Waals surface area contributed by atoms with Gasteiger partial charge in [-0.2, -0.15) is 0 Å². The van der Waals surface area contributed by atoms with Crippen LogP contribution in [0.4, 0.5) is 0 Å². The van der Waals surface area contributed by atoms with Gasteiger partial charge in [0, 0.05) is 6.54 Å². The van der Waals surface area contributed by atoms with Crippen LogP contribution in [0.25, 0.3) is 0 Å². The van der Waals surface area contributed by atoms with Gasteiger partial charge in [-0.25, -0.2) is 21.6 Å². The topological polar surface area (TPSA) is 103 Å². The second-order valence-corrected chi connectivity index (χ2v) is 9.81. The van der Waals surface area contributed by atoms with Gasteiger partial charge in [0.2, 0.25) is 10.0 Å². The summed E-state index contributed by atoms with van der Waals surface area (Å²) in [5.41, 5.74) is 0. The van der Waals surface area contributed by atoms with Crippen molar-refractivity contribution < 1.29 is 50.9 Å². The molecule has 146 valence electrons. The van der Waals surface area contributed by atoms with Gasteiger partial charge in [0.05, 0.1) is 21.6 Å². The van der Waals surface area contributed by atoms with Gasteiger partial charge in [-0.1, -0.05) is 77.6 Å². The maximum absolute atomic E-state index is 11.5. The molecule has 0 rings (SSSR count). The molecule has 0 aromatic heterocycles. The second-order valence-electron chi connectivity index (χ2n) is 6.36. The summed E-state index contributed by atoms with van der Waals surface area (Å²) in [5, 5.41) is 0. The van der Waals surface area contributed by atoms with Crippen LogP contribution in [0.3, 0.4) is 0 Å². The monoisotopic (exact) mass is 407 g/mol. The second kappa shape index (κ2) is 17.0. The molecule has 0 aromatic rings. The molecule has 25 heavy (non-hydrogen) atoms. The minimum atomic E-state index is -4.48. The van der Waals surface area contributed by atoms with E-state index in [1.807, 2.05) is 0 Å². The Morgan fingerprint density at radius 1 is 0.680 bits per heavy atom. The Morgan fingerprint density at radius 2 is 1.08 bits per heavy atom. The van der Waals surface area contributed by atoms with Crippen LogP contribution in [-0.4, -0.2) is 39.4 Å². The molecule has 6 nitrogen and oxygen atoms in total. The van der Waals surface area contributed by atoms with E-state index in [1.165, 1.54) is 57.8 Å². The maximum Gasteiger partial charge on any atom is 1.00 e. The Kier molecular flexibility index (Phi) is 19.0. The molecule has 0 radical (unpaired) electrons. The Morgan fingerprint density at radius 3 is 1.48 bits per heavy atom. The minimum Gasteiger partial charge on any atom is -0.748 e. The van der Waals surface area contributed by atoms with Crippen molar-refractivity contribution in [3.05, 3.63) is 0 Å². The van der Waals surface area contributed by atoms with Gasteiger partial charge < -0.3 is 4.55 Å². The Balaban J connectivity index is 0. The third-order valence-electron chi connectivity index (χ3n) is 3.95. The predicted octanol–water partition coefficient (Wildman–Crippen LogP) is 0.156. The zero-order chi connectivity index (χ0) is 18.3. The van der Waals surface area contributed by atoms with Crippen molar-refractivity contribution >= 4 is 20.1 Å². The first-order valence-electron chi connectivity index (χ1n) is 9.18. The standard InChI is InChI=1S/C16H35NO5S2.Na/c1-2-3-4-5-6-7-8-9-10-11-12-13-14-17-23(18,19)15-16-24(20,21)22;/h17H,2-16H2,1H3,(H,20,21,22);/q;+1/p-1. The molecule has 0 bridgehead atoms. The molecule has 0 spiro atoms. The number of hydrogen-bond donors (Lipinski definition) is 1. The Hall–Kier alpha value is 0.820. The van der Waals surface area contributed by atoms with E-state index >= 15 is 0 Å².